The van der Waals surface area contributed by atoms with Crippen LogP contribution in [0.25, 0.3) is 11.4 Å². The summed E-state index contributed by atoms with van der Waals surface area (Å²) in [4.78, 5) is 24.0. The van der Waals surface area contributed by atoms with Gasteiger partial charge in [-0.25, -0.2) is 4.68 Å². The number of carbonyl (C=O) groups is 2. The Morgan fingerprint density at radius 2 is 2.11 bits per heavy atom. The molecule has 2 aliphatic rings. The molecule has 2 heterocycles. The maximum absolute atomic E-state index is 12.6. The molecule has 3 aromatic rings. The number of anilines is 2. The molecule has 2 amide bonds. The van der Waals surface area contributed by atoms with E-state index >= 15 is 0 Å². The highest BCUT2D eigenvalue weighted by Gasteiger charge is 2.28. The lowest BCUT2D eigenvalue weighted by atomic mass is 10.1. The van der Waals surface area contributed by atoms with Gasteiger partial charge in [-0.2, -0.15) is 0 Å². The zero-order valence-corrected chi connectivity index (χ0v) is 14.8. The average Bonchev–Trinajstić information content (AvgIpc) is 3.44. The van der Waals surface area contributed by atoms with E-state index in [1.165, 1.54) is 0 Å². The van der Waals surface area contributed by atoms with Gasteiger partial charge in [-0.3, -0.25) is 9.59 Å². The predicted molar refractivity (Wildman–Crippen MR) is 100 cm³/mol. The molecule has 1 aliphatic carbocycles. The molecule has 1 aliphatic heterocycles. The van der Waals surface area contributed by atoms with Crippen molar-refractivity contribution < 1.29 is 14.3 Å². The zero-order valence-electron chi connectivity index (χ0n) is 14.8. The van der Waals surface area contributed by atoms with Crippen LogP contribution in [0.15, 0.2) is 42.5 Å². The van der Waals surface area contributed by atoms with E-state index in [1.807, 2.05) is 28.9 Å². The van der Waals surface area contributed by atoms with Crippen molar-refractivity contribution in [2.75, 3.05) is 17.2 Å². The topological polar surface area (TPSA) is 111 Å². The molecule has 0 radical (unpaired) electrons. The van der Waals surface area contributed by atoms with E-state index in [0.717, 1.165) is 18.4 Å². The fourth-order valence-corrected chi connectivity index (χ4v) is 3.10. The van der Waals surface area contributed by atoms with Crippen molar-refractivity contribution in [3.8, 4) is 17.1 Å². The Bertz CT molecular complexity index is 1090. The average molecular weight is 376 g/mol. The van der Waals surface area contributed by atoms with Crippen molar-refractivity contribution in [1.29, 1.82) is 0 Å². The number of rotatable bonds is 4. The minimum absolute atomic E-state index is 0.0597. The molecule has 0 atom stereocenters. The summed E-state index contributed by atoms with van der Waals surface area (Å²) in [5.41, 5.74) is 2.47. The Balaban J connectivity index is 1.37. The second-order valence-electron chi connectivity index (χ2n) is 6.76. The van der Waals surface area contributed by atoms with Gasteiger partial charge in [0, 0.05) is 16.8 Å². The van der Waals surface area contributed by atoms with Crippen molar-refractivity contribution in [3.05, 3.63) is 48.0 Å². The van der Waals surface area contributed by atoms with Gasteiger partial charge in [-0.1, -0.05) is 12.1 Å². The van der Waals surface area contributed by atoms with E-state index < -0.39 is 0 Å². The Kier molecular flexibility index (Phi) is 3.78. The Morgan fingerprint density at radius 3 is 2.96 bits per heavy atom. The van der Waals surface area contributed by atoms with Crippen LogP contribution < -0.4 is 15.4 Å². The Labute approximate surface area is 159 Å². The zero-order chi connectivity index (χ0) is 19.1. The maximum Gasteiger partial charge on any atom is 0.262 e. The van der Waals surface area contributed by atoms with Crippen LogP contribution in [0.2, 0.25) is 0 Å². The first kappa shape index (κ1) is 16.4. The first-order valence-corrected chi connectivity index (χ1v) is 8.94. The highest BCUT2D eigenvalue weighted by molar-refractivity contribution is 6.05. The fraction of sp³-hybridized carbons (Fsp3) is 0.211. The third-order valence-corrected chi connectivity index (χ3v) is 4.64. The first-order valence-electron chi connectivity index (χ1n) is 8.94. The lowest BCUT2D eigenvalue weighted by Gasteiger charge is -2.18. The number of hydrogen-bond donors (Lipinski definition) is 2. The van der Waals surface area contributed by atoms with Gasteiger partial charge in [-0.05, 0) is 53.6 Å². The van der Waals surface area contributed by atoms with Gasteiger partial charge in [0.1, 0.15) is 5.75 Å². The second-order valence-corrected chi connectivity index (χ2v) is 6.76. The largest absolute Gasteiger partial charge is 0.482 e. The Morgan fingerprint density at radius 1 is 1.21 bits per heavy atom. The van der Waals surface area contributed by atoms with Gasteiger partial charge in [0.25, 0.3) is 11.8 Å². The number of ether oxygens (including phenoxy) is 1. The highest BCUT2D eigenvalue weighted by Crippen LogP contribution is 2.37. The lowest BCUT2D eigenvalue weighted by molar-refractivity contribution is -0.118. The van der Waals surface area contributed by atoms with E-state index in [9.17, 15) is 9.59 Å². The van der Waals surface area contributed by atoms with Crippen molar-refractivity contribution in [3.63, 3.8) is 0 Å². The number of hydrogen-bond acceptors (Lipinski definition) is 6. The van der Waals surface area contributed by atoms with E-state index in [1.54, 1.807) is 18.2 Å². The summed E-state index contributed by atoms with van der Waals surface area (Å²) < 4.78 is 7.20. The molecule has 2 N–H and O–H groups in total. The number of carbonyl (C=O) groups excluding carboxylic acids is 2. The van der Waals surface area contributed by atoms with Crippen molar-refractivity contribution >= 4 is 23.2 Å². The molecule has 1 saturated carbocycles. The number of nitrogens with zero attached hydrogens (tertiary/aromatic N) is 4. The third-order valence-electron chi connectivity index (χ3n) is 4.64. The van der Waals surface area contributed by atoms with Crippen LogP contribution in [0.5, 0.6) is 5.75 Å². The van der Waals surface area contributed by atoms with Gasteiger partial charge in [0.05, 0.1) is 11.7 Å². The third kappa shape index (κ3) is 3.07. The SMILES string of the molecule is O=C1COc2cc(C(=O)Nc3cccc(-c4nnnn4C4CC4)c3)ccc2N1. The van der Waals surface area contributed by atoms with Crippen molar-refractivity contribution in [2.24, 2.45) is 0 Å². The number of amides is 2. The summed E-state index contributed by atoms with van der Waals surface area (Å²) >= 11 is 0. The quantitative estimate of drug-likeness (QED) is 0.722. The molecule has 2 aromatic carbocycles. The van der Waals surface area contributed by atoms with Crippen molar-refractivity contribution in [2.45, 2.75) is 18.9 Å². The smallest absolute Gasteiger partial charge is 0.262 e. The van der Waals surface area contributed by atoms with Crippen LogP contribution in [0.3, 0.4) is 0 Å². The molecule has 0 bridgehead atoms. The first-order chi connectivity index (χ1) is 13.7. The molecular formula is C19H16N6O3. The summed E-state index contributed by atoms with van der Waals surface area (Å²) in [5, 5.41) is 17.5. The van der Waals surface area contributed by atoms with E-state index in [4.69, 9.17) is 4.74 Å². The molecule has 0 spiro atoms. The normalized spacial score (nSPS) is 15.4. The monoisotopic (exact) mass is 376 g/mol. The second kappa shape index (κ2) is 6.45. The van der Waals surface area contributed by atoms with Crippen LogP contribution in [0, 0.1) is 0 Å². The molecule has 9 heteroatoms. The van der Waals surface area contributed by atoms with Crippen LogP contribution in [-0.2, 0) is 4.79 Å². The van der Waals surface area contributed by atoms with Crippen LogP contribution in [0.4, 0.5) is 11.4 Å². The van der Waals surface area contributed by atoms with E-state index in [2.05, 4.69) is 26.2 Å². The molecule has 5 rings (SSSR count). The van der Waals surface area contributed by atoms with Crippen LogP contribution in [0.1, 0.15) is 29.2 Å². The maximum atomic E-state index is 12.6. The van der Waals surface area contributed by atoms with Gasteiger partial charge < -0.3 is 15.4 Å². The summed E-state index contributed by atoms with van der Waals surface area (Å²) in [5.74, 6) is 0.679. The summed E-state index contributed by atoms with van der Waals surface area (Å²) in [6, 6.07) is 12.7. The minimum Gasteiger partial charge on any atom is -0.482 e. The summed E-state index contributed by atoms with van der Waals surface area (Å²) in [7, 11) is 0. The number of aromatic nitrogens is 4. The molecule has 140 valence electrons. The molecule has 0 saturated heterocycles. The van der Waals surface area contributed by atoms with Gasteiger partial charge in [-0.15, -0.1) is 5.10 Å². The van der Waals surface area contributed by atoms with Crippen molar-refractivity contribution in [1.82, 2.24) is 20.2 Å². The van der Waals surface area contributed by atoms with E-state index in [0.29, 0.717) is 34.6 Å². The van der Waals surface area contributed by atoms with Gasteiger partial charge >= 0.3 is 0 Å². The lowest BCUT2D eigenvalue weighted by Crippen LogP contribution is -2.25. The van der Waals surface area contributed by atoms with Gasteiger partial charge in [0.15, 0.2) is 12.4 Å². The number of nitrogens with one attached hydrogen (secondary N) is 2. The molecular weight excluding hydrogens is 360 g/mol. The predicted octanol–water partition coefficient (Wildman–Crippen LogP) is 2.26. The number of benzene rings is 2. The molecule has 28 heavy (non-hydrogen) atoms. The molecule has 9 nitrogen and oxygen atoms in total. The molecule has 1 aromatic heterocycles. The standard InChI is InChI=1S/C19H16N6O3/c26-17-10-28-16-9-12(4-7-15(16)21-17)19(27)20-13-3-1-2-11(8-13)18-22-23-24-25(18)14-5-6-14/h1-4,7-9,14H,5-6,10H2,(H,20,27)(H,21,26). The summed E-state index contributed by atoms with van der Waals surface area (Å²) in [6.07, 6.45) is 2.16. The number of fused-ring (bicyclic) bond motifs is 1. The van der Waals surface area contributed by atoms with Crippen LogP contribution >= 0.6 is 0 Å². The molecule has 1 fully saturated rings. The number of tetrazole rings is 1. The highest BCUT2D eigenvalue weighted by atomic mass is 16.5. The summed E-state index contributed by atoms with van der Waals surface area (Å²) in [6.45, 7) is -0.0597. The fourth-order valence-electron chi connectivity index (χ4n) is 3.10. The molecule has 0 unspecified atom stereocenters. The van der Waals surface area contributed by atoms with Crippen LogP contribution in [-0.4, -0.2) is 38.6 Å². The Hall–Kier alpha value is -3.75. The minimum atomic E-state index is -0.276. The van der Waals surface area contributed by atoms with E-state index in [-0.39, 0.29) is 18.4 Å². The van der Waals surface area contributed by atoms with Gasteiger partial charge in [0.2, 0.25) is 0 Å².